The number of benzene rings is 2. The Morgan fingerprint density at radius 2 is 1.86 bits per heavy atom. The first kappa shape index (κ1) is 19.5. The van der Waals surface area contributed by atoms with Gasteiger partial charge in [-0.1, -0.05) is 30.3 Å². The van der Waals surface area contributed by atoms with E-state index in [0.29, 0.717) is 11.3 Å². The molecule has 0 bridgehead atoms. The van der Waals surface area contributed by atoms with E-state index in [1.165, 1.54) is 29.5 Å². The van der Waals surface area contributed by atoms with E-state index in [1.54, 1.807) is 31.4 Å². The molecule has 0 aliphatic heterocycles. The van der Waals surface area contributed by atoms with E-state index >= 15 is 0 Å². The molecule has 6 heteroatoms. The van der Waals surface area contributed by atoms with Gasteiger partial charge in [0.15, 0.2) is 12.4 Å². The topological polar surface area (TPSA) is 52.6 Å². The molecule has 3 aromatic rings. The van der Waals surface area contributed by atoms with Crippen LogP contribution >= 0.6 is 11.3 Å². The monoisotopic (exact) mass is 396 g/mol. The fourth-order valence-electron chi connectivity index (χ4n) is 2.48. The van der Waals surface area contributed by atoms with Gasteiger partial charge in [-0.3, -0.25) is 4.79 Å². The average molecular weight is 396 g/mol. The Hall–Kier alpha value is -3.25. The molecule has 0 spiro atoms. The summed E-state index contributed by atoms with van der Waals surface area (Å²) in [6.07, 6.45) is 1.69. The van der Waals surface area contributed by atoms with Crippen molar-refractivity contribution in [2.75, 3.05) is 13.7 Å². The number of hydrogen-bond acceptors (Lipinski definition) is 5. The second kappa shape index (κ2) is 9.10. The van der Waals surface area contributed by atoms with Gasteiger partial charge in [-0.05, 0) is 47.4 Å². The lowest BCUT2D eigenvalue weighted by Crippen LogP contribution is -2.15. The predicted octanol–water partition coefficient (Wildman–Crippen LogP) is 4.86. The van der Waals surface area contributed by atoms with Crippen molar-refractivity contribution in [3.8, 4) is 5.75 Å². The molecular weight excluding hydrogens is 379 g/mol. The number of rotatable bonds is 7. The van der Waals surface area contributed by atoms with Crippen molar-refractivity contribution in [2.45, 2.75) is 0 Å². The predicted molar refractivity (Wildman–Crippen MR) is 107 cm³/mol. The quantitative estimate of drug-likeness (QED) is 0.325. The Kier molecular flexibility index (Phi) is 6.34. The molecule has 4 nitrogen and oxygen atoms in total. The summed E-state index contributed by atoms with van der Waals surface area (Å²) in [6, 6.07) is 16.1. The summed E-state index contributed by atoms with van der Waals surface area (Å²) >= 11 is 1.39. The molecule has 0 radical (unpaired) electrons. The highest BCUT2D eigenvalue weighted by Crippen LogP contribution is 2.25. The lowest BCUT2D eigenvalue weighted by atomic mass is 10.1. The van der Waals surface area contributed by atoms with Crippen LogP contribution < -0.4 is 4.74 Å². The maximum Gasteiger partial charge on any atom is 0.340 e. The zero-order valence-electron chi connectivity index (χ0n) is 15.1. The van der Waals surface area contributed by atoms with E-state index in [1.807, 2.05) is 23.6 Å². The molecule has 3 rings (SSSR count). The van der Waals surface area contributed by atoms with Crippen molar-refractivity contribution in [1.29, 1.82) is 0 Å². The van der Waals surface area contributed by atoms with Crippen LogP contribution in [0.4, 0.5) is 4.39 Å². The second-order valence-corrected chi connectivity index (χ2v) is 6.77. The van der Waals surface area contributed by atoms with Gasteiger partial charge in [-0.15, -0.1) is 11.3 Å². The van der Waals surface area contributed by atoms with E-state index in [9.17, 15) is 14.0 Å². The molecule has 0 saturated heterocycles. The smallest absolute Gasteiger partial charge is 0.340 e. The number of carbonyl (C=O) groups is 2. The highest BCUT2D eigenvalue weighted by Gasteiger charge is 2.17. The van der Waals surface area contributed by atoms with Crippen LogP contribution in [-0.2, 0) is 9.53 Å². The highest BCUT2D eigenvalue weighted by atomic mass is 32.1. The number of methoxy groups -OCH3 is 1. The van der Waals surface area contributed by atoms with Crippen molar-refractivity contribution in [1.82, 2.24) is 0 Å². The molecule has 28 heavy (non-hydrogen) atoms. The molecule has 0 atom stereocenters. The molecule has 142 valence electrons. The van der Waals surface area contributed by atoms with Crippen molar-refractivity contribution in [2.24, 2.45) is 0 Å². The van der Waals surface area contributed by atoms with E-state index in [2.05, 4.69) is 0 Å². The lowest BCUT2D eigenvalue weighted by Gasteiger charge is -2.08. The summed E-state index contributed by atoms with van der Waals surface area (Å²) in [7, 11) is 1.58. The SMILES string of the molecule is COc1ccc(/C=C(/C(=O)OCC(=O)c2cccc(F)c2)c2cccs2)cc1. The van der Waals surface area contributed by atoms with Gasteiger partial charge < -0.3 is 9.47 Å². The van der Waals surface area contributed by atoms with Crippen LogP contribution in [0, 0.1) is 5.82 Å². The summed E-state index contributed by atoms with van der Waals surface area (Å²) in [6.45, 7) is -0.465. The Morgan fingerprint density at radius 1 is 1.07 bits per heavy atom. The van der Waals surface area contributed by atoms with Crippen LogP contribution in [0.2, 0.25) is 0 Å². The Balaban J connectivity index is 1.77. The minimum Gasteiger partial charge on any atom is -0.497 e. The van der Waals surface area contributed by atoms with Gasteiger partial charge in [0.05, 0.1) is 12.7 Å². The molecule has 1 heterocycles. The van der Waals surface area contributed by atoms with Gasteiger partial charge in [0.25, 0.3) is 0 Å². The van der Waals surface area contributed by atoms with Crippen molar-refractivity contribution in [3.63, 3.8) is 0 Å². The van der Waals surface area contributed by atoms with Crippen molar-refractivity contribution < 1.29 is 23.5 Å². The summed E-state index contributed by atoms with van der Waals surface area (Å²) in [5.41, 5.74) is 1.29. The Morgan fingerprint density at radius 3 is 2.50 bits per heavy atom. The maximum atomic E-state index is 13.3. The third-order valence-electron chi connectivity index (χ3n) is 3.91. The molecule has 0 aliphatic carbocycles. The third-order valence-corrected chi connectivity index (χ3v) is 4.82. The maximum absolute atomic E-state index is 13.3. The molecular formula is C22H17FO4S. The normalized spacial score (nSPS) is 11.1. The third kappa shape index (κ3) is 4.92. The highest BCUT2D eigenvalue weighted by molar-refractivity contribution is 7.11. The molecule has 0 aliphatic rings. The Labute approximate surface area is 165 Å². The van der Waals surface area contributed by atoms with Crippen LogP contribution in [0.1, 0.15) is 20.8 Å². The first-order valence-corrected chi connectivity index (χ1v) is 9.30. The van der Waals surface area contributed by atoms with Gasteiger partial charge in [0.1, 0.15) is 11.6 Å². The van der Waals surface area contributed by atoms with Crippen LogP contribution in [-0.4, -0.2) is 25.5 Å². The molecule has 0 amide bonds. The van der Waals surface area contributed by atoms with Gasteiger partial charge in [0, 0.05) is 10.4 Å². The van der Waals surface area contributed by atoms with E-state index in [4.69, 9.17) is 9.47 Å². The number of halogens is 1. The zero-order valence-corrected chi connectivity index (χ0v) is 15.9. The van der Waals surface area contributed by atoms with Gasteiger partial charge in [0.2, 0.25) is 0 Å². The number of thiophene rings is 1. The molecule has 0 saturated carbocycles. The summed E-state index contributed by atoms with van der Waals surface area (Å²) < 4.78 is 23.6. The number of ketones is 1. The molecule has 1 aromatic heterocycles. The van der Waals surface area contributed by atoms with E-state index < -0.39 is 24.2 Å². The standard InChI is InChI=1S/C22H17FO4S/c1-26-18-9-7-15(8-10-18)12-19(21-6-3-11-28-21)22(25)27-14-20(24)16-4-2-5-17(23)13-16/h2-13H,14H2,1H3/b19-12+. The number of carbonyl (C=O) groups excluding carboxylic acids is 2. The minimum atomic E-state index is -0.622. The van der Waals surface area contributed by atoms with Crippen LogP contribution in [0.5, 0.6) is 5.75 Å². The van der Waals surface area contributed by atoms with Crippen molar-refractivity contribution in [3.05, 3.63) is 87.9 Å². The lowest BCUT2D eigenvalue weighted by molar-refractivity contribution is -0.135. The fraction of sp³-hybridized carbons (Fsp3) is 0.0909. The van der Waals surface area contributed by atoms with Gasteiger partial charge in [-0.25, -0.2) is 9.18 Å². The molecule has 2 aromatic carbocycles. The zero-order chi connectivity index (χ0) is 19.9. The molecule has 0 fully saturated rings. The number of ether oxygens (including phenoxy) is 2. The second-order valence-electron chi connectivity index (χ2n) is 5.82. The first-order chi connectivity index (χ1) is 13.6. The molecule has 0 N–H and O–H groups in total. The Bertz CT molecular complexity index is 992. The first-order valence-electron chi connectivity index (χ1n) is 8.42. The summed E-state index contributed by atoms with van der Waals surface area (Å²) in [5, 5.41) is 1.85. The largest absolute Gasteiger partial charge is 0.497 e. The molecule has 0 unspecified atom stereocenters. The van der Waals surface area contributed by atoms with Crippen LogP contribution in [0.15, 0.2) is 66.0 Å². The number of esters is 1. The summed E-state index contributed by atoms with van der Waals surface area (Å²) in [4.78, 5) is 25.5. The summed E-state index contributed by atoms with van der Waals surface area (Å²) in [5.74, 6) is -0.903. The van der Waals surface area contributed by atoms with Gasteiger partial charge in [-0.2, -0.15) is 0 Å². The number of hydrogen-bond donors (Lipinski definition) is 0. The van der Waals surface area contributed by atoms with E-state index in [0.717, 1.165) is 16.5 Å². The number of Topliss-reactive ketones (excluding diaryl/α,β-unsaturated/α-hetero) is 1. The average Bonchev–Trinajstić information content (AvgIpc) is 3.25. The van der Waals surface area contributed by atoms with Crippen LogP contribution in [0.25, 0.3) is 11.6 Å². The van der Waals surface area contributed by atoms with Crippen LogP contribution in [0.3, 0.4) is 0 Å². The van der Waals surface area contributed by atoms with E-state index in [-0.39, 0.29) is 5.56 Å². The minimum absolute atomic E-state index is 0.157. The van der Waals surface area contributed by atoms with Crippen molar-refractivity contribution >= 4 is 34.7 Å². The fourth-order valence-corrected chi connectivity index (χ4v) is 3.21. The van der Waals surface area contributed by atoms with Gasteiger partial charge >= 0.3 is 5.97 Å².